The number of halogens is 1. The van der Waals surface area contributed by atoms with Gasteiger partial charge < -0.3 is 14.4 Å². The number of carbonyl (C=O) groups excluding carboxylic acids is 1. The number of hydrazone groups is 1. The van der Waals surface area contributed by atoms with Crippen molar-refractivity contribution in [2.24, 2.45) is 10.1 Å². The van der Waals surface area contributed by atoms with Crippen LogP contribution >= 0.6 is 23.4 Å². The van der Waals surface area contributed by atoms with Gasteiger partial charge in [-0.05, 0) is 49.4 Å². The maximum atomic E-state index is 13.1. The molecule has 0 aromatic heterocycles. The summed E-state index contributed by atoms with van der Waals surface area (Å²) in [4.78, 5) is 19.2. The van der Waals surface area contributed by atoms with Gasteiger partial charge in [0.2, 0.25) is 4.99 Å². The number of likely N-dealkylation sites (tertiary alicyclic amines) is 1. The summed E-state index contributed by atoms with van der Waals surface area (Å²) in [5, 5.41) is 7.26. The highest BCUT2D eigenvalue weighted by Crippen LogP contribution is 2.49. The molecule has 2 aromatic carbocycles. The monoisotopic (exact) mass is 472 g/mol. The highest BCUT2D eigenvalue weighted by molar-refractivity contribution is 8.15. The first-order chi connectivity index (χ1) is 15.5. The molecule has 4 rings (SSSR count). The van der Waals surface area contributed by atoms with Crippen molar-refractivity contribution >= 4 is 40.3 Å². The number of carbonyl (C=O) groups is 1. The summed E-state index contributed by atoms with van der Waals surface area (Å²) in [7, 11) is 3.63. The Balaban J connectivity index is 1.87. The SMILES string of the molecule is CCOC(=O)N1N=C(c2cccc(Cl)c2)SC1(/N=C1/CCCN1C)c1ccc(OC)cc1. The molecule has 1 unspecified atom stereocenters. The van der Waals surface area contributed by atoms with Gasteiger partial charge in [0.15, 0.2) is 0 Å². The summed E-state index contributed by atoms with van der Waals surface area (Å²) in [6, 6.07) is 14.9. The van der Waals surface area contributed by atoms with Crippen LogP contribution in [0.5, 0.6) is 5.75 Å². The standard InChI is InChI=1S/C23H25ClN4O3S/c1-4-31-22(29)28-23(25-20-9-6-14-27(20)2,17-10-12-19(30-3)13-11-17)32-21(26-28)16-7-5-8-18(24)15-16/h5,7-8,10-13,15H,4,6,9,14H2,1-3H3/b25-20-. The number of ether oxygens (including phenoxy) is 2. The van der Waals surface area contributed by atoms with Gasteiger partial charge in [0.1, 0.15) is 16.6 Å². The number of methoxy groups -OCH3 is 1. The van der Waals surface area contributed by atoms with Crippen LogP contribution < -0.4 is 4.74 Å². The average Bonchev–Trinajstić information content (AvgIpc) is 3.38. The molecule has 2 aliphatic rings. The first-order valence-electron chi connectivity index (χ1n) is 10.4. The van der Waals surface area contributed by atoms with E-state index in [4.69, 9.17) is 26.1 Å². The van der Waals surface area contributed by atoms with Gasteiger partial charge in [-0.3, -0.25) is 0 Å². The van der Waals surface area contributed by atoms with Gasteiger partial charge in [-0.2, -0.15) is 10.1 Å². The maximum absolute atomic E-state index is 13.1. The van der Waals surface area contributed by atoms with E-state index in [2.05, 4.69) is 10.0 Å². The topological polar surface area (TPSA) is 66.7 Å². The minimum Gasteiger partial charge on any atom is -0.497 e. The van der Waals surface area contributed by atoms with Crippen molar-refractivity contribution in [1.29, 1.82) is 0 Å². The Kier molecular flexibility index (Phi) is 6.62. The second-order valence-electron chi connectivity index (χ2n) is 7.42. The number of benzene rings is 2. The molecule has 1 atom stereocenters. The number of thioether (sulfide) groups is 1. The first-order valence-corrected chi connectivity index (χ1v) is 11.6. The molecule has 0 aliphatic carbocycles. The van der Waals surface area contributed by atoms with Crippen LogP contribution in [0.15, 0.2) is 58.6 Å². The summed E-state index contributed by atoms with van der Waals surface area (Å²) in [6.07, 6.45) is 1.29. The maximum Gasteiger partial charge on any atom is 0.433 e. The van der Waals surface area contributed by atoms with E-state index in [9.17, 15) is 4.79 Å². The highest BCUT2D eigenvalue weighted by Gasteiger charge is 2.50. The zero-order valence-electron chi connectivity index (χ0n) is 18.2. The van der Waals surface area contributed by atoms with E-state index in [0.717, 1.165) is 42.1 Å². The van der Waals surface area contributed by atoms with Gasteiger partial charge in [0.25, 0.3) is 0 Å². The zero-order valence-corrected chi connectivity index (χ0v) is 19.8. The average molecular weight is 473 g/mol. The molecule has 0 saturated carbocycles. The van der Waals surface area contributed by atoms with E-state index < -0.39 is 11.1 Å². The highest BCUT2D eigenvalue weighted by atomic mass is 35.5. The lowest BCUT2D eigenvalue weighted by Crippen LogP contribution is -2.42. The number of hydrogen-bond acceptors (Lipinski definition) is 6. The van der Waals surface area contributed by atoms with Gasteiger partial charge in [-0.1, -0.05) is 35.9 Å². The summed E-state index contributed by atoms with van der Waals surface area (Å²) in [6.45, 7) is 2.93. The Labute approximate surface area is 197 Å². The van der Waals surface area contributed by atoms with E-state index in [1.807, 2.05) is 49.5 Å². The third-order valence-corrected chi connectivity index (χ3v) is 6.84. The molecule has 0 bridgehead atoms. The Bertz CT molecular complexity index is 1060. The predicted octanol–water partition coefficient (Wildman–Crippen LogP) is 5.15. The largest absolute Gasteiger partial charge is 0.497 e. The van der Waals surface area contributed by atoms with Crippen LogP contribution in [0.1, 0.15) is 30.9 Å². The second kappa shape index (κ2) is 9.42. The Morgan fingerprint density at radius 2 is 2.06 bits per heavy atom. The fourth-order valence-corrected chi connectivity index (χ4v) is 5.11. The number of amides is 1. The Hall–Kier alpha value is -2.71. The van der Waals surface area contributed by atoms with Crippen molar-refractivity contribution in [3.8, 4) is 5.75 Å². The van der Waals surface area contributed by atoms with Crippen molar-refractivity contribution in [3.63, 3.8) is 0 Å². The summed E-state index contributed by atoms with van der Waals surface area (Å²) in [5.41, 5.74) is 1.61. The Morgan fingerprint density at radius 1 is 1.28 bits per heavy atom. The zero-order chi connectivity index (χ0) is 22.7. The lowest BCUT2D eigenvalue weighted by molar-refractivity contribution is 0.0867. The van der Waals surface area contributed by atoms with Gasteiger partial charge in [-0.15, -0.1) is 0 Å². The molecule has 0 spiro atoms. The summed E-state index contributed by atoms with van der Waals surface area (Å²) in [5.74, 6) is 1.64. The molecule has 168 valence electrons. The van der Waals surface area contributed by atoms with Crippen molar-refractivity contribution in [2.75, 3.05) is 27.3 Å². The van der Waals surface area contributed by atoms with Crippen LogP contribution in [0.3, 0.4) is 0 Å². The van der Waals surface area contributed by atoms with Crippen molar-refractivity contribution in [2.45, 2.75) is 24.8 Å². The van der Waals surface area contributed by atoms with Gasteiger partial charge in [0, 0.05) is 36.2 Å². The van der Waals surface area contributed by atoms with E-state index in [1.54, 1.807) is 20.1 Å². The van der Waals surface area contributed by atoms with Gasteiger partial charge in [-0.25, -0.2) is 9.79 Å². The first kappa shape index (κ1) is 22.5. The number of aliphatic imine (C=N–C) groups is 1. The molecular weight excluding hydrogens is 448 g/mol. The normalized spacial score (nSPS) is 21.8. The van der Waals surface area contributed by atoms with Crippen molar-refractivity contribution in [3.05, 3.63) is 64.7 Å². The quantitative estimate of drug-likeness (QED) is 0.602. The van der Waals surface area contributed by atoms with E-state index >= 15 is 0 Å². The predicted molar refractivity (Wildman–Crippen MR) is 128 cm³/mol. The van der Waals surface area contributed by atoms with Crippen LogP contribution in [0.25, 0.3) is 0 Å². The molecule has 7 nitrogen and oxygen atoms in total. The van der Waals surface area contributed by atoms with Gasteiger partial charge in [0.05, 0.1) is 13.7 Å². The molecule has 0 radical (unpaired) electrons. The molecule has 2 aliphatic heterocycles. The minimum atomic E-state index is -1.15. The molecule has 1 fully saturated rings. The molecule has 32 heavy (non-hydrogen) atoms. The number of hydrogen-bond donors (Lipinski definition) is 0. The van der Waals surface area contributed by atoms with Crippen LogP contribution in [0.4, 0.5) is 4.79 Å². The molecule has 1 amide bonds. The van der Waals surface area contributed by atoms with Crippen LogP contribution in [-0.2, 0) is 9.73 Å². The van der Waals surface area contributed by atoms with Crippen LogP contribution in [-0.4, -0.2) is 54.2 Å². The number of rotatable bonds is 5. The smallest absolute Gasteiger partial charge is 0.433 e. The molecule has 2 heterocycles. The van der Waals surface area contributed by atoms with Gasteiger partial charge >= 0.3 is 6.09 Å². The third-order valence-electron chi connectivity index (χ3n) is 5.31. The van der Waals surface area contributed by atoms with E-state index in [0.29, 0.717) is 10.1 Å². The van der Waals surface area contributed by atoms with Crippen LogP contribution in [0.2, 0.25) is 5.02 Å². The van der Waals surface area contributed by atoms with E-state index in [-0.39, 0.29) is 6.61 Å². The van der Waals surface area contributed by atoms with Crippen LogP contribution in [0, 0.1) is 0 Å². The molecule has 0 N–H and O–H groups in total. The summed E-state index contributed by atoms with van der Waals surface area (Å²) < 4.78 is 10.7. The summed E-state index contributed by atoms with van der Waals surface area (Å²) >= 11 is 7.63. The lowest BCUT2D eigenvalue weighted by Gasteiger charge is -2.32. The fraction of sp³-hybridized carbons (Fsp3) is 0.348. The lowest BCUT2D eigenvalue weighted by atomic mass is 10.1. The number of nitrogens with zero attached hydrogens (tertiary/aromatic N) is 4. The molecule has 9 heteroatoms. The molecule has 1 saturated heterocycles. The van der Waals surface area contributed by atoms with Crippen molar-refractivity contribution in [1.82, 2.24) is 9.91 Å². The minimum absolute atomic E-state index is 0.233. The van der Waals surface area contributed by atoms with E-state index in [1.165, 1.54) is 16.8 Å². The Morgan fingerprint density at radius 3 is 2.69 bits per heavy atom. The molecule has 2 aromatic rings. The molecular formula is C23H25ClN4O3S. The number of amidine groups is 1. The third kappa shape index (κ3) is 4.29. The second-order valence-corrected chi connectivity index (χ2v) is 9.01. The fourth-order valence-electron chi connectivity index (χ4n) is 3.68. The van der Waals surface area contributed by atoms with Crippen molar-refractivity contribution < 1.29 is 14.3 Å².